The second kappa shape index (κ2) is 6.26. The lowest BCUT2D eigenvalue weighted by Crippen LogP contribution is -2.40. The third-order valence-corrected chi connectivity index (χ3v) is 5.07. The lowest BCUT2D eigenvalue weighted by atomic mass is 9.72. The van der Waals surface area contributed by atoms with Crippen molar-refractivity contribution in [3.63, 3.8) is 0 Å². The summed E-state index contributed by atoms with van der Waals surface area (Å²) in [5.74, 6) is -0.108. The highest BCUT2D eigenvalue weighted by atomic mass is 16.5. The molecule has 1 N–H and O–H groups in total. The molecule has 0 saturated carbocycles. The Balaban J connectivity index is 1.71. The minimum atomic E-state index is -0.667. The minimum absolute atomic E-state index is 0.115. The number of hydrogen-bond acceptors (Lipinski definition) is 4. The summed E-state index contributed by atoms with van der Waals surface area (Å²) in [5, 5.41) is 9.60. The molecule has 0 bridgehead atoms. The van der Waals surface area contributed by atoms with Crippen LogP contribution in [0.2, 0.25) is 0 Å². The molecule has 2 aliphatic rings. The molecule has 3 rings (SSSR count). The molecule has 1 aromatic rings. The molecule has 0 radical (unpaired) electrons. The van der Waals surface area contributed by atoms with Crippen LogP contribution in [0.5, 0.6) is 5.75 Å². The highest BCUT2D eigenvalue weighted by Crippen LogP contribution is 2.44. The highest BCUT2D eigenvalue weighted by Gasteiger charge is 2.50. The van der Waals surface area contributed by atoms with Gasteiger partial charge in [-0.2, -0.15) is 0 Å². The molecule has 0 amide bonds. The lowest BCUT2D eigenvalue weighted by molar-refractivity contribution is -0.146. The molecule has 1 aromatic carbocycles. The summed E-state index contributed by atoms with van der Waals surface area (Å²) in [6, 6.07) is 7.99. The monoisotopic (exact) mass is 305 g/mol. The molecule has 1 atom stereocenters. The normalized spacial score (nSPS) is 24.5. The van der Waals surface area contributed by atoms with Crippen molar-refractivity contribution < 1.29 is 19.4 Å². The molecule has 0 unspecified atom stereocenters. The number of carboxylic acid groups (broad SMARTS) is 1. The fraction of sp³-hybridized carbons (Fsp3) is 0.588. The summed E-state index contributed by atoms with van der Waals surface area (Å²) in [7, 11) is 1.65. The standard InChI is InChI=1S/C17H23NO4/c1-21-14-4-2-13(3-5-14)10-18-11-15(16(19)20)17(12-18)6-8-22-9-7-17/h2-5,15H,6-12H2,1H3,(H,19,20)/t15-/m0/s1. The Kier molecular flexibility index (Phi) is 4.36. The van der Waals surface area contributed by atoms with Crippen molar-refractivity contribution in [1.29, 1.82) is 0 Å². The Morgan fingerprint density at radius 1 is 1.36 bits per heavy atom. The van der Waals surface area contributed by atoms with Crippen LogP contribution in [-0.2, 0) is 16.1 Å². The van der Waals surface area contributed by atoms with Crippen molar-refractivity contribution in [2.75, 3.05) is 33.4 Å². The maximum atomic E-state index is 11.7. The number of nitrogens with zero attached hydrogens (tertiary/aromatic N) is 1. The van der Waals surface area contributed by atoms with Gasteiger partial charge in [-0.05, 0) is 30.5 Å². The van der Waals surface area contributed by atoms with Crippen molar-refractivity contribution in [2.45, 2.75) is 19.4 Å². The number of benzene rings is 1. The van der Waals surface area contributed by atoms with E-state index in [1.807, 2.05) is 24.3 Å². The quantitative estimate of drug-likeness (QED) is 0.922. The smallest absolute Gasteiger partial charge is 0.308 e. The number of hydrogen-bond donors (Lipinski definition) is 1. The Morgan fingerprint density at radius 3 is 2.64 bits per heavy atom. The molecule has 2 saturated heterocycles. The zero-order valence-electron chi connectivity index (χ0n) is 13.0. The zero-order chi connectivity index (χ0) is 15.6. The van der Waals surface area contributed by atoms with Crippen LogP contribution in [0.25, 0.3) is 0 Å². The van der Waals surface area contributed by atoms with Gasteiger partial charge in [0.1, 0.15) is 5.75 Å². The van der Waals surface area contributed by atoms with Gasteiger partial charge in [0.05, 0.1) is 13.0 Å². The van der Waals surface area contributed by atoms with Crippen molar-refractivity contribution in [3.05, 3.63) is 29.8 Å². The number of aliphatic carboxylic acids is 1. The van der Waals surface area contributed by atoms with E-state index >= 15 is 0 Å². The van der Waals surface area contributed by atoms with E-state index in [2.05, 4.69) is 4.90 Å². The summed E-state index contributed by atoms with van der Waals surface area (Å²) in [5.41, 5.74) is 1.07. The largest absolute Gasteiger partial charge is 0.497 e. The number of carboxylic acids is 1. The highest BCUT2D eigenvalue weighted by molar-refractivity contribution is 5.72. The Morgan fingerprint density at radius 2 is 2.05 bits per heavy atom. The molecule has 5 nitrogen and oxygen atoms in total. The molecule has 1 spiro atoms. The number of methoxy groups -OCH3 is 1. The number of likely N-dealkylation sites (tertiary alicyclic amines) is 1. The molecule has 2 heterocycles. The van der Waals surface area contributed by atoms with E-state index in [9.17, 15) is 9.90 Å². The Bertz CT molecular complexity index is 522. The van der Waals surface area contributed by atoms with Crippen molar-refractivity contribution in [2.24, 2.45) is 11.3 Å². The van der Waals surface area contributed by atoms with Gasteiger partial charge < -0.3 is 14.6 Å². The first kappa shape index (κ1) is 15.3. The summed E-state index contributed by atoms with van der Waals surface area (Å²) in [6.07, 6.45) is 1.70. The number of ether oxygens (including phenoxy) is 2. The molecular formula is C17H23NO4. The molecule has 0 aromatic heterocycles. The molecule has 5 heteroatoms. The summed E-state index contributed by atoms with van der Waals surface area (Å²) in [6.45, 7) is 3.62. The maximum Gasteiger partial charge on any atom is 0.308 e. The SMILES string of the molecule is COc1ccc(CN2C[C@@H](C(=O)O)C3(CCOCC3)C2)cc1. The zero-order valence-corrected chi connectivity index (χ0v) is 13.0. The van der Waals surface area contributed by atoms with E-state index in [0.29, 0.717) is 19.8 Å². The second-order valence-corrected chi connectivity index (χ2v) is 6.38. The average molecular weight is 305 g/mol. The van der Waals surface area contributed by atoms with Gasteiger partial charge in [0.25, 0.3) is 0 Å². The number of rotatable bonds is 4. The molecule has 2 fully saturated rings. The van der Waals surface area contributed by atoms with Gasteiger partial charge in [-0.25, -0.2) is 0 Å². The van der Waals surface area contributed by atoms with Crippen LogP contribution >= 0.6 is 0 Å². The Labute approximate surface area is 130 Å². The van der Waals surface area contributed by atoms with Crippen molar-refractivity contribution >= 4 is 5.97 Å². The first-order chi connectivity index (χ1) is 10.6. The van der Waals surface area contributed by atoms with Crippen LogP contribution in [0.15, 0.2) is 24.3 Å². The van der Waals surface area contributed by atoms with E-state index in [1.54, 1.807) is 7.11 Å². The van der Waals surface area contributed by atoms with E-state index < -0.39 is 5.97 Å². The third kappa shape index (κ3) is 2.96. The van der Waals surface area contributed by atoms with Crippen LogP contribution < -0.4 is 4.74 Å². The van der Waals surface area contributed by atoms with Crippen molar-refractivity contribution in [1.82, 2.24) is 4.90 Å². The van der Waals surface area contributed by atoms with Gasteiger partial charge in [-0.15, -0.1) is 0 Å². The predicted molar refractivity (Wildman–Crippen MR) is 81.9 cm³/mol. The average Bonchev–Trinajstić information content (AvgIpc) is 2.86. The molecular weight excluding hydrogens is 282 g/mol. The van der Waals surface area contributed by atoms with Gasteiger partial charge in [-0.3, -0.25) is 9.69 Å². The number of carbonyl (C=O) groups is 1. The van der Waals surface area contributed by atoms with Crippen molar-refractivity contribution in [3.8, 4) is 5.75 Å². The first-order valence-corrected chi connectivity index (χ1v) is 7.79. The van der Waals surface area contributed by atoms with Crippen LogP contribution in [0, 0.1) is 11.3 Å². The van der Waals surface area contributed by atoms with Gasteiger partial charge in [0.15, 0.2) is 0 Å². The summed E-state index contributed by atoms with van der Waals surface area (Å²) in [4.78, 5) is 13.9. The minimum Gasteiger partial charge on any atom is -0.497 e. The molecule has 120 valence electrons. The lowest BCUT2D eigenvalue weighted by Gasteiger charge is -2.36. The third-order valence-electron chi connectivity index (χ3n) is 5.07. The van der Waals surface area contributed by atoms with E-state index in [0.717, 1.165) is 31.7 Å². The molecule has 22 heavy (non-hydrogen) atoms. The predicted octanol–water partition coefficient (Wildman–Crippen LogP) is 2.01. The van der Waals surface area contributed by atoms with Gasteiger partial charge in [0, 0.05) is 38.3 Å². The topological polar surface area (TPSA) is 59.0 Å². The Hall–Kier alpha value is -1.59. The second-order valence-electron chi connectivity index (χ2n) is 6.38. The first-order valence-electron chi connectivity index (χ1n) is 7.79. The van der Waals surface area contributed by atoms with Gasteiger partial charge in [-0.1, -0.05) is 12.1 Å². The van der Waals surface area contributed by atoms with Crippen LogP contribution in [0.3, 0.4) is 0 Å². The van der Waals surface area contributed by atoms with E-state index in [1.165, 1.54) is 5.56 Å². The maximum absolute atomic E-state index is 11.7. The molecule has 0 aliphatic carbocycles. The van der Waals surface area contributed by atoms with Crippen LogP contribution in [0.4, 0.5) is 0 Å². The summed E-state index contributed by atoms with van der Waals surface area (Å²) >= 11 is 0. The van der Waals surface area contributed by atoms with Gasteiger partial charge >= 0.3 is 5.97 Å². The van der Waals surface area contributed by atoms with Crippen LogP contribution in [-0.4, -0.2) is 49.4 Å². The van der Waals surface area contributed by atoms with E-state index in [4.69, 9.17) is 9.47 Å². The van der Waals surface area contributed by atoms with E-state index in [-0.39, 0.29) is 11.3 Å². The molecule has 2 aliphatic heterocycles. The fourth-order valence-electron chi connectivity index (χ4n) is 3.81. The van der Waals surface area contributed by atoms with Gasteiger partial charge in [0.2, 0.25) is 0 Å². The fourth-order valence-corrected chi connectivity index (χ4v) is 3.81. The van der Waals surface area contributed by atoms with Crippen LogP contribution in [0.1, 0.15) is 18.4 Å². The summed E-state index contributed by atoms with van der Waals surface area (Å²) < 4.78 is 10.6.